The minimum Gasteiger partial charge on any atom is -0.475 e. The van der Waals surface area contributed by atoms with Gasteiger partial charge >= 0.3 is 12.1 Å². The number of alkyl halides is 3. The van der Waals surface area contributed by atoms with Gasteiger partial charge in [0.05, 0.1) is 5.69 Å². The monoisotopic (exact) mass is 422 g/mol. The van der Waals surface area contributed by atoms with Crippen LogP contribution in [0.5, 0.6) is 0 Å². The zero-order chi connectivity index (χ0) is 22.3. The molecule has 1 unspecified atom stereocenters. The van der Waals surface area contributed by atoms with Crippen LogP contribution in [0.2, 0.25) is 0 Å². The Morgan fingerprint density at radius 3 is 2.50 bits per heavy atom. The van der Waals surface area contributed by atoms with Crippen LogP contribution in [-0.2, 0) is 18.4 Å². The number of rotatable bonds is 5. The fourth-order valence-corrected chi connectivity index (χ4v) is 2.50. The van der Waals surface area contributed by atoms with Crippen LogP contribution >= 0.6 is 0 Å². The van der Waals surface area contributed by atoms with Gasteiger partial charge in [-0.05, 0) is 36.2 Å². The van der Waals surface area contributed by atoms with Gasteiger partial charge in [0.2, 0.25) is 5.56 Å². The summed E-state index contributed by atoms with van der Waals surface area (Å²) in [7, 11) is 1.77. The van der Waals surface area contributed by atoms with E-state index in [1.54, 1.807) is 23.9 Å². The Labute approximate surface area is 170 Å². The van der Waals surface area contributed by atoms with Crippen molar-refractivity contribution < 1.29 is 23.1 Å². The highest BCUT2D eigenvalue weighted by Gasteiger charge is 2.38. The number of benzene rings is 1. The highest BCUT2D eigenvalue weighted by molar-refractivity contribution is 5.73. The molecule has 0 bridgehead atoms. The summed E-state index contributed by atoms with van der Waals surface area (Å²) in [6.07, 6.45) is 0.484. The van der Waals surface area contributed by atoms with Crippen molar-refractivity contribution in [1.82, 2.24) is 19.7 Å². The standard InChI is InChI=1S/C18H20N4O.C2HF3O2/c1-14(19-12-15-7-8-18(23)21(2)13-15)16-5-3-6-17(11-16)22-10-4-9-20-22;3-2(4,5)1(6)7/h3-11,13-14,19H,12H2,1-2H3;(H,6,7). The van der Waals surface area contributed by atoms with E-state index >= 15 is 0 Å². The molecule has 3 rings (SSSR count). The maximum atomic E-state index is 11.4. The van der Waals surface area contributed by atoms with Crippen LogP contribution in [0, 0.1) is 0 Å². The Morgan fingerprint density at radius 2 is 1.93 bits per heavy atom. The molecule has 2 aromatic heterocycles. The van der Waals surface area contributed by atoms with Crippen LogP contribution < -0.4 is 10.9 Å². The minimum absolute atomic E-state index is 0.00808. The molecule has 2 heterocycles. The minimum atomic E-state index is -5.08. The molecule has 30 heavy (non-hydrogen) atoms. The van der Waals surface area contributed by atoms with Crippen molar-refractivity contribution in [2.75, 3.05) is 0 Å². The first kappa shape index (κ1) is 22.9. The Bertz CT molecular complexity index is 1030. The summed E-state index contributed by atoms with van der Waals surface area (Å²) in [4.78, 5) is 20.3. The van der Waals surface area contributed by atoms with E-state index < -0.39 is 12.1 Å². The fourth-order valence-electron chi connectivity index (χ4n) is 2.50. The molecule has 0 radical (unpaired) electrons. The van der Waals surface area contributed by atoms with Crippen LogP contribution in [-0.4, -0.2) is 31.6 Å². The average molecular weight is 422 g/mol. The molecule has 10 heteroatoms. The maximum absolute atomic E-state index is 11.4. The quantitative estimate of drug-likeness (QED) is 0.660. The van der Waals surface area contributed by atoms with E-state index in [-0.39, 0.29) is 11.6 Å². The molecular formula is C20H21F3N4O3. The molecule has 0 saturated carbocycles. The molecule has 1 aromatic carbocycles. The molecule has 7 nitrogen and oxygen atoms in total. The third kappa shape index (κ3) is 6.59. The molecule has 160 valence electrons. The predicted molar refractivity (Wildman–Crippen MR) is 104 cm³/mol. The molecule has 1 atom stereocenters. The predicted octanol–water partition coefficient (Wildman–Crippen LogP) is 3.06. The third-order valence-electron chi connectivity index (χ3n) is 4.14. The Kier molecular flexibility index (Phi) is 7.54. The van der Waals surface area contributed by atoms with Crippen LogP contribution in [0.3, 0.4) is 0 Å². The normalized spacial score (nSPS) is 12.0. The molecule has 0 saturated heterocycles. The van der Waals surface area contributed by atoms with Gasteiger partial charge in [-0.3, -0.25) is 4.79 Å². The van der Waals surface area contributed by atoms with Crippen molar-refractivity contribution in [2.24, 2.45) is 7.05 Å². The van der Waals surface area contributed by atoms with E-state index in [1.165, 1.54) is 5.56 Å². The molecule has 0 spiro atoms. The Hall–Kier alpha value is -3.40. The number of carboxylic acid groups (broad SMARTS) is 1. The Morgan fingerprint density at radius 1 is 1.23 bits per heavy atom. The first-order valence-electron chi connectivity index (χ1n) is 8.87. The fraction of sp³-hybridized carbons (Fsp3) is 0.250. The second-order valence-electron chi connectivity index (χ2n) is 6.44. The molecule has 0 aliphatic rings. The maximum Gasteiger partial charge on any atom is 0.490 e. The van der Waals surface area contributed by atoms with E-state index in [0.717, 1.165) is 11.3 Å². The van der Waals surface area contributed by atoms with E-state index in [9.17, 15) is 18.0 Å². The van der Waals surface area contributed by atoms with Gasteiger partial charge < -0.3 is 15.0 Å². The van der Waals surface area contributed by atoms with Crippen molar-refractivity contribution in [3.05, 3.63) is 82.5 Å². The number of nitrogens with one attached hydrogen (secondary N) is 1. The molecule has 0 aliphatic heterocycles. The number of carboxylic acids is 1. The summed E-state index contributed by atoms with van der Waals surface area (Å²) >= 11 is 0. The molecule has 0 amide bonds. The molecule has 0 aliphatic carbocycles. The van der Waals surface area contributed by atoms with Gasteiger partial charge in [-0.25, -0.2) is 9.48 Å². The molecule has 0 fully saturated rings. The van der Waals surface area contributed by atoms with Crippen molar-refractivity contribution in [3.63, 3.8) is 0 Å². The second-order valence-corrected chi connectivity index (χ2v) is 6.44. The topological polar surface area (TPSA) is 89.2 Å². The summed E-state index contributed by atoms with van der Waals surface area (Å²) in [5, 5.41) is 14.9. The number of nitrogens with zero attached hydrogens (tertiary/aromatic N) is 3. The SMILES string of the molecule is CC(NCc1ccc(=O)n(C)c1)c1cccc(-n2cccn2)c1.O=C(O)C(F)(F)F. The smallest absolute Gasteiger partial charge is 0.475 e. The Balaban J connectivity index is 0.000000396. The molecule has 3 aromatic rings. The highest BCUT2D eigenvalue weighted by atomic mass is 19.4. The second kappa shape index (κ2) is 9.88. The highest BCUT2D eigenvalue weighted by Crippen LogP contribution is 2.17. The zero-order valence-electron chi connectivity index (χ0n) is 16.3. The lowest BCUT2D eigenvalue weighted by Gasteiger charge is -2.16. The van der Waals surface area contributed by atoms with Gasteiger partial charge in [0.15, 0.2) is 0 Å². The number of aryl methyl sites for hydroxylation is 1. The first-order valence-corrected chi connectivity index (χ1v) is 8.87. The number of carbonyl (C=O) groups is 1. The largest absolute Gasteiger partial charge is 0.490 e. The van der Waals surface area contributed by atoms with E-state index in [1.807, 2.05) is 41.3 Å². The number of aromatic nitrogens is 3. The van der Waals surface area contributed by atoms with Crippen molar-refractivity contribution >= 4 is 5.97 Å². The van der Waals surface area contributed by atoms with Crippen molar-refractivity contribution in [3.8, 4) is 5.69 Å². The van der Waals surface area contributed by atoms with Gasteiger partial charge in [-0.1, -0.05) is 18.2 Å². The van der Waals surface area contributed by atoms with Gasteiger partial charge in [0, 0.05) is 44.3 Å². The summed E-state index contributed by atoms with van der Waals surface area (Å²) in [6.45, 7) is 2.84. The lowest BCUT2D eigenvalue weighted by molar-refractivity contribution is -0.192. The summed E-state index contributed by atoms with van der Waals surface area (Å²) < 4.78 is 35.2. The average Bonchev–Trinajstić information content (AvgIpc) is 3.23. The molecule has 2 N–H and O–H groups in total. The summed E-state index contributed by atoms with van der Waals surface area (Å²) in [5.41, 5.74) is 3.34. The van der Waals surface area contributed by atoms with Crippen molar-refractivity contribution in [2.45, 2.75) is 25.7 Å². The lowest BCUT2D eigenvalue weighted by atomic mass is 10.1. The zero-order valence-corrected chi connectivity index (χ0v) is 16.3. The number of hydrogen-bond acceptors (Lipinski definition) is 4. The van der Waals surface area contributed by atoms with Crippen molar-refractivity contribution in [1.29, 1.82) is 0 Å². The van der Waals surface area contributed by atoms with Gasteiger partial charge in [0.25, 0.3) is 0 Å². The number of aliphatic carboxylic acids is 1. The van der Waals surface area contributed by atoms with Gasteiger partial charge in [0.1, 0.15) is 0 Å². The van der Waals surface area contributed by atoms with Gasteiger partial charge in [-0.15, -0.1) is 0 Å². The van der Waals surface area contributed by atoms with Gasteiger partial charge in [-0.2, -0.15) is 18.3 Å². The first-order chi connectivity index (χ1) is 14.1. The van der Waals surface area contributed by atoms with E-state index in [4.69, 9.17) is 9.90 Å². The van der Waals surface area contributed by atoms with Crippen LogP contribution in [0.1, 0.15) is 24.1 Å². The summed E-state index contributed by atoms with van der Waals surface area (Å²) in [6, 6.07) is 13.9. The van der Waals surface area contributed by atoms with Crippen LogP contribution in [0.15, 0.2) is 65.8 Å². The van der Waals surface area contributed by atoms with E-state index in [2.05, 4.69) is 29.5 Å². The van der Waals surface area contributed by atoms with Crippen LogP contribution in [0.4, 0.5) is 13.2 Å². The molecular weight excluding hydrogens is 401 g/mol. The van der Waals surface area contributed by atoms with Crippen LogP contribution in [0.25, 0.3) is 5.69 Å². The van der Waals surface area contributed by atoms with E-state index in [0.29, 0.717) is 6.54 Å². The third-order valence-corrected chi connectivity index (χ3v) is 4.14. The summed E-state index contributed by atoms with van der Waals surface area (Å²) in [5.74, 6) is -2.76. The number of pyridine rings is 1. The lowest BCUT2D eigenvalue weighted by Crippen LogP contribution is -2.21. The number of hydrogen-bond donors (Lipinski definition) is 2. The number of halogens is 3.